The van der Waals surface area contributed by atoms with E-state index in [2.05, 4.69) is 63.8 Å². The summed E-state index contributed by atoms with van der Waals surface area (Å²) < 4.78 is 6.48. The fourth-order valence-corrected chi connectivity index (χ4v) is 6.60. The van der Waals surface area contributed by atoms with Gasteiger partial charge in [-0.15, -0.1) is 11.8 Å². The molecule has 2 bridgehead atoms. The minimum Gasteiger partial charge on any atom is -0.410 e. The molecule has 0 unspecified atom stereocenters. The maximum atomic E-state index is 6.48. The summed E-state index contributed by atoms with van der Waals surface area (Å²) >= 11 is 1.85. The van der Waals surface area contributed by atoms with Crippen molar-refractivity contribution in [3.05, 3.63) is 30.3 Å². The average molecular weight is 367 g/mol. The number of thioether (sulfide) groups is 1. The van der Waals surface area contributed by atoms with Crippen LogP contribution in [0.5, 0.6) is 0 Å². The highest BCUT2D eigenvalue weighted by Crippen LogP contribution is 2.48. The Morgan fingerprint density at radius 1 is 1.21 bits per heavy atom. The van der Waals surface area contributed by atoms with Gasteiger partial charge in [-0.1, -0.05) is 18.2 Å². The zero-order valence-corrected chi connectivity index (χ0v) is 17.3. The molecule has 2 aliphatic rings. The van der Waals surface area contributed by atoms with Crippen molar-refractivity contribution in [1.29, 1.82) is 0 Å². The van der Waals surface area contributed by atoms with Gasteiger partial charge in [0.05, 0.1) is 5.60 Å². The van der Waals surface area contributed by atoms with Crippen LogP contribution in [0.15, 0.2) is 35.2 Å². The summed E-state index contributed by atoms with van der Waals surface area (Å²) in [5.41, 5.74) is -0.424. The van der Waals surface area contributed by atoms with Crippen molar-refractivity contribution in [2.24, 2.45) is 5.92 Å². The molecule has 5 heteroatoms. The van der Waals surface area contributed by atoms with Gasteiger partial charge in [-0.25, -0.2) is 9.78 Å². The van der Waals surface area contributed by atoms with Gasteiger partial charge < -0.3 is 4.43 Å². The molecule has 3 nitrogen and oxygen atoms in total. The van der Waals surface area contributed by atoms with Crippen LogP contribution in [-0.4, -0.2) is 31.4 Å². The van der Waals surface area contributed by atoms with Crippen LogP contribution >= 0.6 is 11.8 Å². The number of hydrogen-bond donors (Lipinski definition) is 0. The van der Waals surface area contributed by atoms with Gasteiger partial charge in [-0.2, -0.15) is 0 Å². The number of hydrogen-bond acceptors (Lipinski definition) is 4. The Labute approximate surface area is 151 Å². The molecule has 2 fully saturated rings. The molecule has 24 heavy (non-hydrogen) atoms. The van der Waals surface area contributed by atoms with Crippen LogP contribution < -0.4 is 0 Å². The van der Waals surface area contributed by atoms with Gasteiger partial charge in [0.15, 0.2) is 8.32 Å². The molecule has 0 N–H and O–H groups in total. The molecule has 0 aromatic heterocycles. The van der Waals surface area contributed by atoms with E-state index in [1.165, 1.54) is 4.90 Å². The summed E-state index contributed by atoms with van der Waals surface area (Å²) in [5, 5.41) is 0. The molecule has 4 atom stereocenters. The summed E-state index contributed by atoms with van der Waals surface area (Å²) in [4.78, 5) is 13.2. The maximum Gasteiger partial charge on any atom is 0.184 e. The van der Waals surface area contributed by atoms with Crippen LogP contribution in [0.3, 0.4) is 0 Å². The van der Waals surface area contributed by atoms with E-state index in [1.54, 1.807) is 0 Å². The Morgan fingerprint density at radius 3 is 2.58 bits per heavy atom. The van der Waals surface area contributed by atoms with Crippen molar-refractivity contribution >= 4 is 20.1 Å². The molecule has 1 heterocycles. The third-order valence-electron chi connectivity index (χ3n) is 5.20. The maximum absolute atomic E-state index is 6.48. The first-order valence-electron chi connectivity index (χ1n) is 8.93. The van der Waals surface area contributed by atoms with Gasteiger partial charge in [0.25, 0.3) is 0 Å². The van der Waals surface area contributed by atoms with E-state index in [4.69, 9.17) is 14.2 Å². The summed E-state index contributed by atoms with van der Waals surface area (Å²) in [6.45, 7) is 11.1. The van der Waals surface area contributed by atoms with Gasteiger partial charge >= 0.3 is 0 Å². The molecular weight excluding hydrogens is 336 g/mol. The van der Waals surface area contributed by atoms with E-state index < -0.39 is 8.32 Å². The summed E-state index contributed by atoms with van der Waals surface area (Å²) in [5.74, 6) is 1.45. The van der Waals surface area contributed by atoms with Gasteiger partial charge in [-0.3, -0.25) is 0 Å². The lowest BCUT2D eigenvalue weighted by Crippen LogP contribution is -2.60. The molecule has 0 spiro atoms. The largest absolute Gasteiger partial charge is 0.410 e. The van der Waals surface area contributed by atoms with Crippen LogP contribution in [0, 0.1) is 5.92 Å². The third-order valence-corrected chi connectivity index (χ3v) is 7.60. The third kappa shape index (κ3) is 4.07. The second kappa shape index (κ2) is 6.76. The van der Waals surface area contributed by atoms with Crippen LogP contribution in [0.25, 0.3) is 0 Å². The van der Waals surface area contributed by atoms with E-state index in [1.807, 2.05) is 11.8 Å². The van der Waals surface area contributed by atoms with Crippen molar-refractivity contribution in [3.8, 4) is 0 Å². The zero-order valence-electron chi connectivity index (χ0n) is 15.5. The van der Waals surface area contributed by atoms with E-state index in [0.29, 0.717) is 5.92 Å². The predicted molar refractivity (Wildman–Crippen MR) is 102 cm³/mol. The van der Waals surface area contributed by atoms with Crippen molar-refractivity contribution < 1.29 is 14.2 Å². The van der Waals surface area contributed by atoms with Gasteiger partial charge in [0.2, 0.25) is 0 Å². The molecule has 0 radical (unpaired) electrons. The fraction of sp³-hybridized carbons (Fsp3) is 0.684. The minimum absolute atomic E-state index is 0.0535. The standard InChI is InChI=1S/C19H30O3SSi/c1-18(22-24(3,4)5)12-11-15-13-17(18)20-21-19(15,2)14-23-16-9-7-6-8-10-16/h6-10,15,17H,11-14H2,1-5H3/t15-,17-,18-,19-/m1/s1. The molecule has 1 aromatic carbocycles. The Kier molecular flexibility index (Phi) is 5.20. The second-order valence-corrected chi connectivity index (χ2v) is 14.1. The quantitative estimate of drug-likeness (QED) is 0.403. The number of rotatable bonds is 5. The molecule has 3 rings (SSSR count). The first kappa shape index (κ1) is 18.5. The molecule has 1 aliphatic heterocycles. The highest BCUT2D eigenvalue weighted by Gasteiger charge is 2.53. The normalized spacial score (nSPS) is 36.5. The first-order chi connectivity index (χ1) is 11.2. The van der Waals surface area contributed by atoms with Gasteiger partial charge in [0, 0.05) is 10.6 Å². The van der Waals surface area contributed by atoms with E-state index in [0.717, 1.165) is 25.0 Å². The van der Waals surface area contributed by atoms with Crippen molar-refractivity contribution in [1.82, 2.24) is 0 Å². The van der Waals surface area contributed by atoms with Crippen LogP contribution in [0.2, 0.25) is 19.6 Å². The fourth-order valence-electron chi connectivity index (χ4n) is 3.88. The molecule has 0 amide bonds. The second-order valence-electron chi connectivity index (χ2n) is 8.58. The zero-order chi connectivity index (χ0) is 17.4. The lowest BCUT2D eigenvalue weighted by atomic mass is 9.71. The van der Waals surface area contributed by atoms with E-state index >= 15 is 0 Å². The lowest BCUT2D eigenvalue weighted by molar-refractivity contribution is -0.439. The average Bonchev–Trinajstić information content (AvgIpc) is 2.51. The Bertz CT molecular complexity index is 561. The Hall–Kier alpha value is -0.333. The monoisotopic (exact) mass is 366 g/mol. The summed E-state index contributed by atoms with van der Waals surface area (Å²) in [6, 6.07) is 10.5. The van der Waals surface area contributed by atoms with E-state index in [-0.39, 0.29) is 17.3 Å². The number of fused-ring (bicyclic) bond motifs is 2. The summed E-state index contributed by atoms with van der Waals surface area (Å²) in [7, 11) is -1.61. The summed E-state index contributed by atoms with van der Waals surface area (Å²) in [6.07, 6.45) is 3.29. The molecule has 1 saturated heterocycles. The molecule has 1 aromatic rings. The van der Waals surface area contributed by atoms with Crippen LogP contribution in [-0.2, 0) is 14.2 Å². The molecule has 134 valence electrons. The minimum atomic E-state index is -1.61. The molecular formula is C19H30O3SSi. The van der Waals surface area contributed by atoms with Gasteiger partial charge in [0.1, 0.15) is 11.7 Å². The smallest absolute Gasteiger partial charge is 0.184 e. The van der Waals surface area contributed by atoms with E-state index in [9.17, 15) is 0 Å². The predicted octanol–water partition coefficient (Wildman–Crippen LogP) is 5.28. The number of benzene rings is 1. The SMILES string of the molecule is C[C@]1(CSc2ccccc2)OO[C@@H]2C[C@H]1CC[C@@]2(C)O[Si](C)(C)C. The molecule has 1 saturated carbocycles. The van der Waals surface area contributed by atoms with Gasteiger partial charge in [-0.05, 0) is 70.8 Å². The lowest BCUT2D eigenvalue weighted by Gasteiger charge is -2.53. The Balaban J connectivity index is 1.64. The topological polar surface area (TPSA) is 27.7 Å². The first-order valence-corrected chi connectivity index (χ1v) is 13.3. The van der Waals surface area contributed by atoms with Crippen LogP contribution in [0.1, 0.15) is 33.1 Å². The Morgan fingerprint density at radius 2 is 1.92 bits per heavy atom. The van der Waals surface area contributed by atoms with Crippen molar-refractivity contribution in [2.75, 3.05) is 5.75 Å². The van der Waals surface area contributed by atoms with Crippen molar-refractivity contribution in [3.63, 3.8) is 0 Å². The van der Waals surface area contributed by atoms with Crippen molar-refractivity contribution in [2.45, 2.75) is 75.0 Å². The highest BCUT2D eigenvalue weighted by molar-refractivity contribution is 7.99. The van der Waals surface area contributed by atoms with Crippen LogP contribution in [0.4, 0.5) is 0 Å². The highest BCUT2D eigenvalue weighted by atomic mass is 32.2. The molecule has 1 aliphatic carbocycles.